The lowest BCUT2D eigenvalue weighted by Gasteiger charge is -2.08. The number of fused-ring (bicyclic) bond motifs is 1. The number of amides is 1. The Hall–Kier alpha value is -1.94. The van der Waals surface area contributed by atoms with Gasteiger partial charge in [0.25, 0.3) is 5.91 Å². The Balaban J connectivity index is 1.70. The van der Waals surface area contributed by atoms with Crippen molar-refractivity contribution >= 4 is 23.0 Å². The third-order valence-electron chi connectivity index (χ3n) is 3.74. The number of aryl methyl sites for hydroxylation is 2. The van der Waals surface area contributed by atoms with Crippen LogP contribution < -0.4 is 5.43 Å². The fourth-order valence-corrected chi connectivity index (χ4v) is 3.68. The van der Waals surface area contributed by atoms with E-state index < -0.39 is 0 Å². The molecular weight excluding hydrogens is 280 g/mol. The summed E-state index contributed by atoms with van der Waals surface area (Å²) in [6, 6.07) is 11.9. The molecule has 3 rings (SSSR count). The number of hydrogen-bond donors (Lipinski definition) is 1. The van der Waals surface area contributed by atoms with E-state index in [1.165, 1.54) is 23.3 Å². The first-order valence-corrected chi connectivity index (χ1v) is 8.07. The summed E-state index contributed by atoms with van der Waals surface area (Å²) in [7, 11) is 0. The van der Waals surface area contributed by atoms with Crippen molar-refractivity contribution in [2.45, 2.75) is 32.6 Å². The van der Waals surface area contributed by atoms with Crippen LogP contribution in [0.5, 0.6) is 0 Å². The van der Waals surface area contributed by atoms with Gasteiger partial charge in [-0.15, -0.1) is 11.3 Å². The second-order valence-electron chi connectivity index (χ2n) is 5.27. The molecule has 1 aromatic carbocycles. The van der Waals surface area contributed by atoms with Crippen molar-refractivity contribution in [1.29, 1.82) is 0 Å². The first kappa shape index (κ1) is 14.0. The van der Waals surface area contributed by atoms with Gasteiger partial charge in [0, 0.05) is 4.88 Å². The maximum absolute atomic E-state index is 12.2. The minimum absolute atomic E-state index is 0.107. The van der Waals surface area contributed by atoms with Crippen molar-refractivity contribution in [3.05, 3.63) is 57.3 Å². The van der Waals surface area contributed by atoms with Crippen molar-refractivity contribution in [3.63, 3.8) is 0 Å². The second kappa shape index (κ2) is 6.22. The number of carbonyl (C=O) groups is 1. The predicted octanol–water partition coefficient (Wildman–Crippen LogP) is 3.78. The van der Waals surface area contributed by atoms with E-state index in [2.05, 4.69) is 10.5 Å². The molecule has 0 bridgehead atoms. The van der Waals surface area contributed by atoms with E-state index in [4.69, 9.17) is 0 Å². The molecule has 108 valence electrons. The SMILES string of the molecule is CC(=NNC(=O)c1cc2c(s1)CCCC2)c1ccccc1. The zero-order chi connectivity index (χ0) is 14.7. The Morgan fingerprint density at radius 2 is 1.95 bits per heavy atom. The monoisotopic (exact) mass is 298 g/mol. The summed E-state index contributed by atoms with van der Waals surface area (Å²) < 4.78 is 0. The van der Waals surface area contributed by atoms with E-state index in [9.17, 15) is 4.79 Å². The van der Waals surface area contributed by atoms with Gasteiger partial charge in [-0.25, -0.2) is 5.43 Å². The highest BCUT2D eigenvalue weighted by Crippen LogP contribution is 2.29. The molecule has 0 fully saturated rings. The number of thiophene rings is 1. The van der Waals surface area contributed by atoms with Crippen LogP contribution in [0, 0.1) is 0 Å². The zero-order valence-electron chi connectivity index (χ0n) is 12.1. The molecule has 0 aliphatic heterocycles. The maximum atomic E-state index is 12.2. The molecule has 0 spiro atoms. The van der Waals surface area contributed by atoms with Crippen LogP contribution in [0.3, 0.4) is 0 Å². The van der Waals surface area contributed by atoms with Gasteiger partial charge in [-0.1, -0.05) is 30.3 Å². The quantitative estimate of drug-likeness (QED) is 0.680. The number of hydrazone groups is 1. The molecule has 0 saturated heterocycles. The minimum Gasteiger partial charge on any atom is -0.266 e. The molecule has 0 saturated carbocycles. The summed E-state index contributed by atoms with van der Waals surface area (Å²) in [5.74, 6) is -0.107. The standard InChI is InChI=1S/C17H18N2OS/c1-12(13-7-3-2-4-8-13)18-19-17(20)16-11-14-9-5-6-10-15(14)21-16/h2-4,7-8,11H,5-6,9-10H2,1H3,(H,19,20). The van der Waals surface area contributed by atoms with E-state index in [-0.39, 0.29) is 5.91 Å². The predicted molar refractivity (Wildman–Crippen MR) is 87.1 cm³/mol. The molecule has 3 nitrogen and oxygen atoms in total. The van der Waals surface area contributed by atoms with Crippen LogP contribution in [-0.4, -0.2) is 11.6 Å². The van der Waals surface area contributed by atoms with Crippen LogP contribution in [-0.2, 0) is 12.8 Å². The van der Waals surface area contributed by atoms with Crippen LogP contribution in [0.15, 0.2) is 41.5 Å². The minimum atomic E-state index is -0.107. The number of nitrogens with zero attached hydrogens (tertiary/aromatic N) is 1. The summed E-state index contributed by atoms with van der Waals surface area (Å²) in [6.07, 6.45) is 4.68. The number of carbonyl (C=O) groups excluding carboxylic acids is 1. The van der Waals surface area contributed by atoms with Gasteiger partial charge in [0.2, 0.25) is 0 Å². The van der Waals surface area contributed by atoms with Crippen molar-refractivity contribution in [3.8, 4) is 0 Å². The van der Waals surface area contributed by atoms with Gasteiger partial charge in [-0.3, -0.25) is 4.79 Å². The zero-order valence-corrected chi connectivity index (χ0v) is 12.9. The molecule has 1 heterocycles. The largest absolute Gasteiger partial charge is 0.281 e. The lowest BCUT2D eigenvalue weighted by atomic mass is 9.99. The smallest absolute Gasteiger partial charge is 0.266 e. The molecule has 0 radical (unpaired) electrons. The van der Waals surface area contributed by atoms with Crippen molar-refractivity contribution in [1.82, 2.24) is 5.43 Å². The molecule has 1 aliphatic rings. The van der Waals surface area contributed by atoms with Crippen LogP contribution in [0.4, 0.5) is 0 Å². The average molecular weight is 298 g/mol. The Kier molecular flexibility index (Phi) is 4.15. The maximum Gasteiger partial charge on any atom is 0.281 e. The summed E-state index contributed by atoms with van der Waals surface area (Å²) in [5, 5.41) is 4.20. The number of rotatable bonds is 3. The van der Waals surface area contributed by atoms with E-state index in [0.29, 0.717) is 0 Å². The van der Waals surface area contributed by atoms with Gasteiger partial charge < -0.3 is 0 Å². The lowest BCUT2D eigenvalue weighted by Crippen LogP contribution is -2.18. The summed E-state index contributed by atoms with van der Waals surface area (Å²) in [5.41, 5.74) is 5.84. The fourth-order valence-electron chi connectivity index (χ4n) is 2.54. The van der Waals surface area contributed by atoms with E-state index in [1.807, 2.05) is 43.3 Å². The number of nitrogens with one attached hydrogen (secondary N) is 1. The molecule has 4 heteroatoms. The molecular formula is C17H18N2OS. The van der Waals surface area contributed by atoms with E-state index in [0.717, 1.165) is 29.0 Å². The molecule has 1 amide bonds. The molecule has 0 atom stereocenters. The third-order valence-corrected chi connectivity index (χ3v) is 4.97. The molecule has 1 aliphatic carbocycles. The topological polar surface area (TPSA) is 41.5 Å². The van der Waals surface area contributed by atoms with Gasteiger partial charge >= 0.3 is 0 Å². The first-order valence-electron chi connectivity index (χ1n) is 7.25. The summed E-state index contributed by atoms with van der Waals surface area (Å²) in [4.78, 5) is 14.3. The Bertz CT molecular complexity index is 650. The molecule has 1 aromatic heterocycles. The summed E-state index contributed by atoms with van der Waals surface area (Å²) >= 11 is 1.61. The van der Waals surface area contributed by atoms with Crippen LogP contribution in [0.2, 0.25) is 0 Å². The van der Waals surface area contributed by atoms with Gasteiger partial charge in [0.15, 0.2) is 0 Å². The highest BCUT2D eigenvalue weighted by atomic mass is 32.1. The average Bonchev–Trinajstić information content (AvgIpc) is 2.97. The number of benzene rings is 1. The van der Waals surface area contributed by atoms with Gasteiger partial charge in [-0.2, -0.15) is 5.10 Å². The highest BCUT2D eigenvalue weighted by Gasteiger charge is 2.16. The molecule has 2 aromatic rings. The Morgan fingerprint density at radius 1 is 1.19 bits per heavy atom. The lowest BCUT2D eigenvalue weighted by molar-refractivity contribution is 0.0959. The van der Waals surface area contributed by atoms with Crippen LogP contribution >= 0.6 is 11.3 Å². The highest BCUT2D eigenvalue weighted by molar-refractivity contribution is 7.14. The van der Waals surface area contributed by atoms with E-state index >= 15 is 0 Å². The summed E-state index contributed by atoms with van der Waals surface area (Å²) in [6.45, 7) is 1.90. The molecule has 21 heavy (non-hydrogen) atoms. The first-order chi connectivity index (χ1) is 10.2. The van der Waals surface area contributed by atoms with Gasteiger partial charge in [-0.05, 0) is 49.8 Å². The van der Waals surface area contributed by atoms with Crippen LogP contribution in [0.1, 0.15) is 45.4 Å². The van der Waals surface area contributed by atoms with Crippen molar-refractivity contribution in [2.24, 2.45) is 5.10 Å². The fraction of sp³-hybridized carbons (Fsp3) is 0.294. The van der Waals surface area contributed by atoms with Crippen molar-refractivity contribution < 1.29 is 4.79 Å². The molecule has 1 N–H and O–H groups in total. The van der Waals surface area contributed by atoms with E-state index in [1.54, 1.807) is 11.3 Å². The van der Waals surface area contributed by atoms with Gasteiger partial charge in [0.05, 0.1) is 10.6 Å². The Morgan fingerprint density at radius 3 is 2.71 bits per heavy atom. The normalized spacial score (nSPS) is 14.6. The second-order valence-corrected chi connectivity index (χ2v) is 6.41. The Labute approximate surface area is 128 Å². The molecule has 0 unspecified atom stereocenters. The third kappa shape index (κ3) is 3.22. The van der Waals surface area contributed by atoms with Gasteiger partial charge in [0.1, 0.15) is 0 Å². The van der Waals surface area contributed by atoms with Crippen LogP contribution in [0.25, 0.3) is 0 Å². The van der Waals surface area contributed by atoms with Crippen molar-refractivity contribution in [2.75, 3.05) is 0 Å². The number of hydrogen-bond acceptors (Lipinski definition) is 3.